The van der Waals surface area contributed by atoms with Gasteiger partial charge < -0.3 is 4.90 Å². The van der Waals surface area contributed by atoms with Gasteiger partial charge in [-0.2, -0.15) is 16.9 Å². The van der Waals surface area contributed by atoms with Crippen LogP contribution < -0.4 is 0 Å². The Morgan fingerprint density at radius 1 is 1.53 bits per heavy atom. The van der Waals surface area contributed by atoms with Gasteiger partial charge in [0.2, 0.25) is 0 Å². The molecule has 0 aliphatic carbocycles. The van der Waals surface area contributed by atoms with Gasteiger partial charge in [-0.25, -0.2) is 0 Å². The number of aromatic nitrogens is 2. The first-order chi connectivity index (χ1) is 7.31. The van der Waals surface area contributed by atoms with E-state index in [4.69, 9.17) is 0 Å². The molecule has 0 atom stereocenters. The third-order valence-electron chi connectivity index (χ3n) is 2.48. The summed E-state index contributed by atoms with van der Waals surface area (Å²) in [6.07, 6.45) is 1.85. The minimum atomic E-state index is 0.0718. The van der Waals surface area contributed by atoms with E-state index in [1.54, 1.807) is 10.7 Å². The molecule has 1 fully saturated rings. The Morgan fingerprint density at radius 2 is 2.27 bits per heavy atom. The van der Waals surface area contributed by atoms with Gasteiger partial charge in [0.05, 0.1) is 0 Å². The summed E-state index contributed by atoms with van der Waals surface area (Å²) in [6.45, 7) is 4.52. The number of amides is 1. The van der Waals surface area contributed by atoms with Crippen molar-refractivity contribution < 1.29 is 4.79 Å². The molecule has 0 spiro atoms. The topological polar surface area (TPSA) is 38.1 Å². The van der Waals surface area contributed by atoms with Crippen molar-refractivity contribution in [1.29, 1.82) is 0 Å². The largest absolute Gasteiger partial charge is 0.336 e. The molecule has 0 unspecified atom stereocenters. The van der Waals surface area contributed by atoms with Gasteiger partial charge in [0.1, 0.15) is 5.69 Å². The van der Waals surface area contributed by atoms with E-state index in [-0.39, 0.29) is 5.91 Å². The zero-order valence-electron chi connectivity index (χ0n) is 8.85. The van der Waals surface area contributed by atoms with Gasteiger partial charge in [-0.05, 0) is 13.0 Å². The maximum atomic E-state index is 12.0. The summed E-state index contributed by atoms with van der Waals surface area (Å²) in [5.41, 5.74) is 0.573. The summed E-state index contributed by atoms with van der Waals surface area (Å²) >= 11 is 1.90. The Balaban J connectivity index is 2.05. The Labute approximate surface area is 93.6 Å². The van der Waals surface area contributed by atoms with Crippen LogP contribution in [0.15, 0.2) is 12.3 Å². The van der Waals surface area contributed by atoms with E-state index >= 15 is 0 Å². The lowest BCUT2D eigenvalue weighted by Crippen LogP contribution is -2.38. The molecule has 1 amide bonds. The molecule has 0 N–H and O–H groups in total. The quantitative estimate of drug-likeness (QED) is 0.756. The van der Waals surface area contributed by atoms with Crippen LogP contribution in [0.5, 0.6) is 0 Å². The Bertz CT molecular complexity index is 344. The minimum Gasteiger partial charge on any atom is -0.336 e. The van der Waals surface area contributed by atoms with E-state index in [0.717, 1.165) is 31.1 Å². The monoisotopic (exact) mass is 225 g/mol. The molecule has 0 saturated carbocycles. The second kappa shape index (κ2) is 4.70. The number of carbonyl (C=O) groups is 1. The number of rotatable bonds is 2. The molecule has 2 heterocycles. The predicted octanol–water partition coefficient (Wildman–Crippen LogP) is 1.09. The van der Waals surface area contributed by atoms with Crippen LogP contribution in [-0.4, -0.2) is 45.2 Å². The fourth-order valence-corrected chi connectivity index (χ4v) is 2.48. The number of carbonyl (C=O) groups excluding carboxylic acids is 1. The van der Waals surface area contributed by atoms with Crippen molar-refractivity contribution in [3.8, 4) is 0 Å². The molecular formula is C10H15N3OS. The maximum absolute atomic E-state index is 12.0. The molecule has 1 aromatic heterocycles. The number of thioether (sulfide) groups is 1. The van der Waals surface area contributed by atoms with Gasteiger partial charge in [0.25, 0.3) is 5.91 Å². The van der Waals surface area contributed by atoms with Gasteiger partial charge in [-0.3, -0.25) is 9.48 Å². The van der Waals surface area contributed by atoms with Gasteiger partial charge in [0.15, 0.2) is 0 Å². The molecular weight excluding hydrogens is 210 g/mol. The highest BCUT2D eigenvalue weighted by atomic mass is 32.2. The SMILES string of the molecule is CCn1ccc(C(=O)N2CCSCC2)n1. The van der Waals surface area contributed by atoms with E-state index < -0.39 is 0 Å². The van der Waals surface area contributed by atoms with Crippen molar-refractivity contribution in [2.24, 2.45) is 0 Å². The van der Waals surface area contributed by atoms with E-state index in [2.05, 4.69) is 5.10 Å². The standard InChI is InChI=1S/C10H15N3OS/c1-2-13-4-3-9(11-13)10(14)12-5-7-15-8-6-12/h3-4H,2,5-8H2,1H3. The Kier molecular flexibility index (Phi) is 3.30. The predicted molar refractivity (Wildman–Crippen MR) is 61.1 cm³/mol. The van der Waals surface area contributed by atoms with Crippen LogP contribution in [0.25, 0.3) is 0 Å². The lowest BCUT2D eigenvalue weighted by atomic mass is 10.3. The van der Waals surface area contributed by atoms with E-state index in [0.29, 0.717) is 5.69 Å². The molecule has 15 heavy (non-hydrogen) atoms. The molecule has 0 radical (unpaired) electrons. The first-order valence-corrected chi connectivity index (χ1v) is 6.37. The number of nitrogens with zero attached hydrogens (tertiary/aromatic N) is 3. The molecule has 5 heteroatoms. The minimum absolute atomic E-state index is 0.0718. The fourth-order valence-electron chi connectivity index (χ4n) is 1.58. The van der Waals surface area contributed by atoms with Crippen LogP contribution >= 0.6 is 11.8 Å². The highest BCUT2D eigenvalue weighted by Gasteiger charge is 2.19. The van der Waals surface area contributed by atoms with Crippen molar-refractivity contribution in [2.45, 2.75) is 13.5 Å². The van der Waals surface area contributed by atoms with Crippen LogP contribution in [0.1, 0.15) is 17.4 Å². The summed E-state index contributed by atoms with van der Waals surface area (Å²) in [5, 5.41) is 4.22. The van der Waals surface area contributed by atoms with Gasteiger partial charge in [0, 0.05) is 37.3 Å². The Hall–Kier alpha value is -0.970. The van der Waals surface area contributed by atoms with E-state index in [9.17, 15) is 4.79 Å². The van der Waals surface area contributed by atoms with Crippen LogP contribution in [0.2, 0.25) is 0 Å². The van der Waals surface area contributed by atoms with Gasteiger partial charge in [-0.1, -0.05) is 0 Å². The Morgan fingerprint density at radius 3 is 2.87 bits per heavy atom. The molecule has 2 rings (SSSR count). The van der Waals surface area contributed by atoms with Crippen LogP contribution in [0.3, 0.4) is 0 Å². The van der Waals surface area contributed by atoms with Crippen molar-refractivity contribution in [3.63, 3.8) is 0 Å². The number of aryl methyl sites for hydroxylation is 1. The highest BCUT2D eigenvalue weighted by molar-refractivity contribution is 7.99. The van der Waals surface area contributed by atoms with Crippen molar-refractivity contribution in [1.82, 2.24) is 14.7 Å². The molecule has 82 valence electrons. The summed E-state index contributed by atoms with van der Waals surface area (Å²) in [7, 11) is 0. The summed E-state index contributed by atoms with van der Waals surface area (Å²) in [5.74, 6) is 2.16. The van der Waals surface area contributed by atoms with Crippen LogP contribution in [0.4, 0.5) is 0 Å². The first kappa shape index (κ1) is 10.5. The van der Waals surface area contributed by atoms with Crippen molar-refractivity contribution in [3.05, 3.63) is 18.0 Å². The fraction of sp³-hybridized carbons (Fsp3) is 0.600. The number of hydrogen-bond acceptors (Lipinski definition) is 3. The first-order valence-electron chi connectivity index (χ1n) is 5.21. The van der Waals surface area contributed by atoms with Gasteiger partial charge in [-0.15, -0.1) is 0 Å². The summed E-state index contributed by atoms with van der Waals surface area (Å²) in [4.78, 5) is 13.9. The zero-order valence-corrected chi connectivity index (χ0v) is 9.66. The molecule has 4 nitrogen and oxygen atoms in total. The molecule has 1 aromatic rings. The molecule has 1 saturated heterocycles. The smallest absolute Gasteiger partial charge is 0.274 e. The second-order valence-corrected chi connectivity index (χ2v) is 4.69. The third kappa shape index (κ3) is 2.34. The average molecular weight is 225 g/mol. The lowest BCUT2D eigenvalue weighted by molar-refractivity contribution is 0.0765. The van der Waals surface area contributed by atoms with Gasteiger partial charge >= 0.3 is 0 Å². The lowest BCUT2D eigenvalue weighted by Gasteiger charge is -2.25. The molecule has 1 aliphatic rings. The average Bonchev–Trinajstić information content (AvgIpc) is 2.78. The van der Waals surface area contributed by atoms with E-state index in [1.807, 2.05) is 29.8 Å². The van der Waals surface area contributed by atoms with Crippen molar-refractivity contribution >= 4 is 17.7 Å². The van der Waals surface area contributed by atoms with Crippen molar-refractivity contribution in [2.75, 3.05) is 24.6 Å². The molecule has 0 aromatic carbocycles. The van der Waals surface area contributed by atoms with Crippen LogP contribution in [0, 0.1) is 0 Å². The van der Waals surface area contributed by atoms with E-state index in [1.165, 1.54) is 0 Å². The highest BCUT2D eigenvalue weighted by Crippen LogP contribution is 2.11. The summed E-state index contributed by atoms with van der Waals surface area (Å²) < 4.78 is 1.78. The second-order valence-electron chi connectivity index (χ2n) is 3.46. The molecule has 0 bridgehead atoms. The summed E-state index contributed by atoms with van der Waals surface area (Å²) in [6, 6.07) is 1.80. The number of hydrogen-bond donors (Lipinski definition) is 0. The maximum Gasteiger partial charge on any atom is 0.274 e. The third-order valence-corrected chi connectivity index (χ3v) is 3.42. The molecule has 1 aliphatic heterocycles. The van der Waals surface area contributed by atoms with Crippen LogP contribution in [-0.2, 0) is 6.54 Å². The zero-order chi connectivity index (χ0) is 10.7. The normalized spacial score (nSPS) is 16.7.